The van der Waals surface area contributed by atoms with Gasteiger partial charge in [0.2, 0.25) is 6.41 Å². The highest BCUT2D eigenvalue weighted by Gasteiger charge is 2.23. The Morgan fingerprint density at radius 2 is 1.95 bits per heavy atom. The highest BCUT2D eigenvalue weighted by atomic mass is 35.5. The Morgan fingerprint density at radius 3 is 2.37 bits per heavy atom. The number of halogens is 1. The summed E-state index contributed by atoms with van der Waals surface area (Å²) in [7, 11) is 0. The predicted molar refractivity (Wildman–Crippen MR) is 74.8 cm³/mol. The summed E-state index contributed by atoms with van der Waals surface area (Å²) in [5.74, 6) is 0. The van der Waals surface area contributed by atoms with E-state index in [-0.39, 0.29) is 6.61 Å². The zero-order valence-corrected chi connectivity index (χ0v) is 12.2. The van der Waals surface area contributed by atoms with Crippen LogP contribution in [0.2, 0.25) is 5.02 Å². The first-order chi connectivity index (χ1) is 8.85. The molecule has 0 aromatic heterocycles. The van der Waals surface area contributed by atoms with Gasteiger partial charge in [-0.3, -0.25) is 9.63 Å². The topological polar surface area (TPSA) is 49.8 Å². The van der Waals surface area contributed by atoms with Crippen LogP contribution >= 0.6 is 11.6 Å². The molecule has 0 fully saturated rings. The van der Waals surface area contributed by atoms with Crippen LogP contribution in [0.4, 0.5) is 0 Å². The van der Waals surface area contributed by atoms with Crippen LogP contribution in [0.5, 0.6) is 0 Å². The molecule has 1 aromatic carbocycles. The first-order valence-electron chi connectivity index (χ1n) is 6.14. The minimum absolute atomic E-state index is 0.169. The average Bonchev–Trinajstić information content (AvgIpc) is 2.34. The van der Waals surface area contributed by atoms with E-state index in [1.54, 1.807) is 12.1 Å². The van der Waals surface area contributed by atoms with Crippen molar-refractivity contribution >= 4 is 18.0 Å². The molecule has 1 atom stereocenters. The van der Waals surface area contributed by atoms with E-state index in [0.29, 0.717) is 17.9 Å². The number of hydroxylamine groups is 2. The third-order valence-electron chi connectivity index (χ3n) is 2.44. The zero-order chi connectivity index (χ0) is 14.5. The maximum atomic E-state index is 11.1. The van der Waals surface area contributed by atoms with Gasteiger partial charge in [0.15, 0.2) is 0 Å². The quantitative estimate of drug-likeness (QED) is 0.645. The van der Waals surface area contributed by atoms with E-state index in [0.717, 1.165) is 5.56 Å². The third kappa shape index (κ3) is 5.59. The summed E-state index contributed by atoms with van der Waals surface area (Å²) in [5.41, 5.74) is 0.488. The number of hydrogen-bond donors (Lipinski definition) is 1. The number of carbonyl (C=O) groups excluding carboxylic acids is 1. The van der Waals surface area contributed by atoms with Gasteiger partial charge < -0.3 is 5.11 Å². The van der Waals surface area contributed by atoms with Gasteiger partial charge in [0, 0.05) is 5.02 Å². The lowest BCUT2D eigenvalue weighted by molar-refractivity contribution is -0.235. The summed E-state index contributed by atoms with van der Waals surface area (Å²) in [5, 5.41) is 11.3. The second-order valence-corrected chi connectivity index (χ2v) is 5.77. The molecular formula is C14H20ClNO3. The van der Waals surface area contributed by atoms with Crippen LogP contribution in [-0.4, -0.2) is 34.8 Å². The van der Waals surface area contributed by atoms with E-state index in [9.17, 15) is 9.90 Å². The minimum Gasteiger partial charge on any atom is -0.394 e. The predicted octanol–water partition coefficient (Wildman–Crippen LogP) is 2.43. The van der Waals surface area contributed by atoms with Crippen LogP contribution < -0.4 is 0 Å². The first-order valence-corrected chi connectivity index (χ1v) is 6.51. The van der Waals surface area contributed by atoms with Crippen molar-refractivity contribution in [2.75, 3.05) is 6.61 Å². The molecule has 0 aliphatic rings. The molecule has 1 amide bonds. The third-order valence-corrected chi connectivity index (χ3v) is 2.69. The number of nitrogens with zero attached hydrogens (tertiary/aromatic N) is 1. The van der Waals surface area contributed by atoms with Gasteiger partial charge in [-0.15, -0.1) is 0 Å². The lowest BCUT2D eigenvalue weighted by atomic mass is 10.1. The molecule has 0 saturated heterocycles. The highest BCUT2D eigenvalue weighted by molar-refractivity contribution is 6.30. The number of carbonyl (C=O) groups is 1. The monoisotopic (exact) mass is 285 g/mol. The Labute approximate surface area is 118 Å². The van der Waals surface area contributed by atoms with Crippen molar-refractivity contribution < 1.29 is 14.7 Å². The summed E-state index contributed by atoms with van der Waals surface area (Å²) < 4.78 is 0. The Kier molecular flexibility index (Phi) is 5.79. The fourth-order valence-electron chi connectivity index (χ4n) is 1.63. The van der Waals surface area contributed by atoms with Gasteiger partial charge in [-0.05, 0) is 44.9 Å². The van der Waals surface area contributed by atoms with Crippen LogP contribution in [0, 0.1) is 0 Å². The van der Waals surface area contributed by atoms with E-state index < -0.39 is 11.6 Å². The molecule has 1 aromatic rings. The molecule has 106 valence electrons. The van der Waals surface area contributed by atoms with Gasteiger partial charge in [0.1, 0.15) is 0 Å². The van der Waals surface area contributed by atoms with Gasteiger partial charge in [0.25, 0.3) is 0 Å². The average molecular weight is 286 g/mol. The summed E-state index contributed by atoms with van der Waals surface area (Å²) in [6.45, 7) is 5.37. The molecule has 5 heteroatoms. The molecule has 0 saturated carbocycles. The summed E-state index contributed by atoms with van der Waals surface area (Å²) in [6.07, 6.45) is 1.10. The largest absolute Gasteiger partial charge is 0.394 e. The van der Waals surface area contributed by atoms with Crippen molar-refractivity contribution in [1.29, 1.82) is 0 Å². The van der Waals surface area contributed by atoms with Crippen LogP contribution in [-0.2, 0) is 16.1 Å². The number of aliphatic hydroxyl groups is 1. The van der Waals surface area contributed by atoms with Crippen molar-refractivity contribution in [3.8, 4) is 0 Å². The smallest absolute Gasteiger partial charge is 0.233 e. The van der Waals surface area contributed by atoms with Gasteiger partial charge in [0.05, 0.1) is 18.2 Å². The molecule has 0 radical (unpaired) electrons. The summed E-state index contributed by atoms with van der Waals surface area (Å²) in [4.78, 5) is 16.6. The molecule has 0 bridgehead atoms. The second kappa shape index (κ2) is 6.89. The minimum atomic E-state index is -0.492. The summed E-state index contributed by atoms with van der Waals surface area (Å²) in [6, 6.07) is 6.87. The van der Waals surface area contributed by atoms with Crippen LogP contribution in [0.25, 0.3) is 0 Å². The Hall–Kier alpha value is -1.10. The number of benzene rings is 1. The lowest BCUT2D eigenvalue weighted by Crippen LogP contribution is -2.43. The van der Waals surface area contributed by atoms with E-state index >= 15 is 0 Å². The fourth-order valence-corrected chi connectivity index (χ4v) is 1.75. The molecule has 0 heterocycles. The van der Waals surface area contributed by atoms with Crippen LogP contribution in [0.3, 0.4) is 0 Å². The molecule has 4 nitrogen and oxygen atoms in total. The Balaban J connectivity index is 2.75. The standard InChI is InChI=1S/C14H20ClNO3/c1-14(2,3)19-16(10-18)13(9-17)8-11-4-6-12(15)7-5-11/h4-7,10,13,17H,8-9H2,1-3H3. The summed E-state index contributed by atoms with van der Waals surface area (Å²) >= 11 is 5.82. The van der Waals surface area contributed by atoms with Crippen molar-refractivity contribution in [3.63, 3.8) is 0 Å². The van der Waals surface area contributed by atoms with Gasteiger partial charge in [-0.25, -0.2) is 5.06 Å². The van der Waals surface area contributed by atoms with Crippen molar-refractivity contribution in [1.82, 2.24) is 5.06 Å². The second-order valence-electron chi connectivity index (χ2n) is 5.34. The van der Waals surface area contributed by atoms with Crippen molar-refractivity contribution in [2.24, 2.45) is 0 Å². The Bertz CT molecular complexity index is 400. The maximum absolute atomic E-state index is 11.1. The van der Waals surface area contributed by atoms with Crippen molar-refractivity contribution in [2.45, 2.75) is 38.8 Å². The number of amides is 1. The first kappa shape index (κ1) is 16.0. The maximum Gasteiger partial charge on any atom is 0.233 e. The van der Waals surface area contributed by atoms with E-state index in [1.807, 2.05) is 32.9 Å². The SMILES string of the molecule is CC(C)(C)ON(C=O)C(CO)Cc1ccc(Cl)cc1. The van der Waals surface area contributed by atoms with E-state index in [2.05, 4.69) is 0 Å². The molecule has 19 heavy (non-hydrogen) atoms. The number of aliphatic hydroxyl groups excluding tert-OH is 1. The molecule has 1 N–H and O–H groups in total. The Morgan fingerprint density at radius 1 is 1.37 bits per heavy atom. The number of rotatable bonds is 6. The molecule has 0 aliphatic carbocycles. The lowest BCUT2D eigenvalue weighted by Gasteiger charge is -2.32. The van der Waals surface area contributed by atoms with Gasteiger partial charge in [-0.2, -0.15) is 0 Å². The molecule has 1 unspecified atom stereocenters. The normalized spacial score (nSPS) is 13.1. The van der Waals surface area contributed by atoms with Crippen LogP contribution in [0.1, 0.15) is 26.3 Å². The fraction of sp³-hybridized carbons (Fsp3) is 0.500. The van der Waals surface area contributed by atoms with E-state index in [4.69, 9.17) is 16.4 Å². The molecule has 1 rings (SSSR count). The molecule has 0 aliphatic heterocycles. The van der Waals surface area contributed by atoms with Crippen LogP contribution in [0.15, 0.2) is 24.3 Å². The zero-order valence-electron chi connectivity index (χ0n) is 11.5. The van der Waals surface area contributed by atoms with Crippen molar-refractivity contribution in [3.05, 3.63) is 34.9 Å². The highest BCUT2D eigenvalue weighted by Crippen LogP contribution is 2.16. The molecular weight excluding hydrogens is 266 g/mol. The number of hydrogen-bond acceptors (Lipinski definition) is 3. The van der Waals surface area contributed by atoms with Gasteiger partial charge in [-0.1, -0.05) is 23.7 Å². The van der Waals surface area contributed by atoms with Gasteiger partial charge >= 0.3 is 0 Å². The van der Waals surface area contributed by atoms with E-state index in [1.165, 1.54) is 5.06 Å². The molecule has 0 spiro atoms.